The number of nitrogen functional groups attached to an aromatic ring is 1. The highest BCUT2D eigenvalue weighted by molar-refractivity contribution is 6.00. The van der Waals surface area contributed by atoms with Crippen molar-refractivity contribution >= 4 is 22.8 Å². The van der Waals surface area contributed by atoms with Crippen LogP contribution >= 0.6 is 0 Å². The molecule has 0 saturated carbocycles. The number of nitrogens with one attached hydrogen (secondary N) is 1. The third-order valence-electron chi connectivity index (χ3n) is 3.09. The minimum Gasteiger partial charge on any atom is -0.398 e. The van der Waals surface area contributed by atoms with E-state index in [9.17, 15) is 4.79 Å². The number of hydrogen-bond acceptors (Lipinski definition) is 3. The van der Waals surface area contributed by atoms with Crippen molar-refractivity contribution in [2.45, 2.75) is 20.8 Å². The van der Waals surface area contributed by atoms with Crippen LogP contribution in [0.3, 0.4) is 0 Å². The molecular formula is C16H18N2O. The van der Waals surface area contributed by atoms with Crippen molar-refractivity contribution in [2.75, 3.05) is 11.1 Å². The summed E-state index contributed by atoms with van der Waals surface area (Å²) in [5.41, 5.74) is 11.1. The molecule has 0 saturated heterocycles. The summed E-state index contributed by atoms with van der Waals surface area (Å²) in [6, 6.07) is 11.6. The van der Waals surface area contributed by atoms with E-state index >= 15 is 0 Å². The molecule has 19 heavy (non-hydrogen) atoms. The van der Waals surface area contributed by atoms with Crippen molar-refractivity contribution in [3.05, 3.63) is 53.1 Å². The van der Waals surface area contributed by atoms with Crippen LogP contribution < -0.4 is 11.1 Å². The van der Waals surface area contributed by atoms with E-state index in [-0.39, 0.29) is 5.78 Å². The molecule has 0 heterocycles. The van der Waals surface area contributed by atoms with E-state index in [0.29, 0.717) is 11.3 Å². The van der Waals surface area contributed by atoms with Crippen LogP contribution in [0.1, 0.15) is 28.4 Å². The normalized spacial score (nSPS) is 10.3. The first kappa shape index (κ1) is 13.1. The number of hydrogen-bond donors (Lipinski definition) is 2. The van der Waals surface area contributed by atoms with Gasteiger partial charge in [-0.3, -0.25) is 4.79 Å². The second-order valence-electron chi connectivity index (χ2n) is 4.80. The maximum Gasteiger partial charge on any atom is 0.161 e. The van der Waals surface area contributed by atoms with E-state index < -0.39 is 0 Å². The van der Waals surface area contributed by atoms with Gasteiger partial charge in [-0.2, -0.15) is 0 Å². The van der Waals surface area contributed by atoms with E-state index in [4.69, 9.17) is 5.73 Å². The lowest BCUT2D eigenvalue weighted by atomic mass is 10.1. The fourth-order valence-electron chi connectivity index (χ4n) is 2.05. The van der Waals surface area contributed by atoms with Gasteiger partial charge < -0.3 is 11.1 Å². The highest BCUT2D eigenvalue weighted by Gasteiger charge is 2.06. The topological polar surface area (TPSA) is 55.1 Å². The summed E-state index contributed by atoms with van der Waals surface area (Å²) in [6.07, 6.45) is 0. The number of Topliss-reactive ketones (excluding diaryl/α,β-unsaturated/α-hetero) is 1. The zero-order chi connectivity index (χ0) is 14.0. The van der Waals surface area contributed by atoms with Crippen molar-refractivity contribution in [1.82, 2.24) is 0 Å². The second kappa shape index (κ2) is 5.14. The van der Waals surface area contributed by atoms with Crippen LogP contribution in [-0.4, -0.2) is 5.78 Å². The quantitative estimate of drug-likeness (QED) is 0.646. The van der Waals surface area contributed by atoms with Gasteiger partial charge in [0, 0.05) is 22.6 Å². The molecule has 0 atom stereocenters. The summed E-state index contributed by atoms with van der Waals surface area (Å²) in [5.74, 6) is -0.0261. The van der Waals surface area contributed by atoms with Crippen LogP contribution in [0.4, 0.5) is 17.1 Å². The molecule has 0 aliphatic carbocycles. The Bertz CT molecular complexity index is 633. The molecule has 3 N–H and O–H groups in total. The molecule has 0 fully saturated rings. The van der Waals surface area contributed by atoms with Gasteiger partial charge in [-0.25, -0.2) is 0 Å². The Balaban J connectivity index is 2.33. The Morgan fingerprint density at radius 2 is 1.84 bits per heavy atom. The van der Waals surface area contributed by atoms with Gasteiger partial charge in [0.15, 0.2) is 5.78 Å². The molecule has 0 aliphatic rings. The van der Waals surface area contributed by atoms with Crippen LogP contribution in [0.25, 0.3) is 0 Å². The second-order valence-corrected chi connectivity index (χ2v) is 4.80. The standard InChI is InChI=1S/C16H18N2O/c1-10-4-7-16(11(2)8-10)18-13-5-6-15(17)14(9-13)12(3)19/h4-9,18H,17H2,1-3H3. The van der Waals surface area contributed by atoms with Crippen molar-refractivity contribution in [3.8, 4) is 0 Å². The highest BCUT2D eigenvalue weighted by atomic mass is 16.1. The molecule has 0 unspecified atom stereocenters. The van der Waals surface area contributed by atoms with Gasteiger partial charge in [-0.1, -0.05) is 17.7 Å². The number of ketones is 1. The average molecular weight is 254 g/mol. The predicted molar refractivity (Wildman–Crippen MR) is 80.1 cm³/mol. The third-order valence-corrected chi connectivity index (χ3v) is 3.09. The van der Waals surface area contributed by atoms with Crippen LogP contribution in [0.2, 0.25) is 0 Å². The number of anilines is 3. The number of benzene rings is 2. The summed E-state index contributed by atoms with van der Waals surface area (Å²) in [5, 5.41) is 3.31. The van der Waals surface area contributed by atoms with E-state index in [1.165, 1.54) is 18.1 Å². The zero-order valence-corrected chi connectivity index (χ0v) is 11.4. The Hall–Kier alpha value is -2.29. The average Bonchev–Trinajstić information content (AvgIpc) is 2.34. The molecule has 98 valence electrons. The van der Waals surface area contributed by atoms with Crippen molar-refractivity contribution in [2.24, 2.45) is 0 Å². The number of nitrogens with two attached hydrogens (primary N) is 1. The fourth-order valence-corrected chi connectivity index (χ4v) is 2.05. The number of carbonyl (C=O) groups is 1. The molecule has 0 aromatic heterocycles. The lowest BCUT2D eigenvalue weighted by Crippen LogP contribution is -2.01. The molecule has 3 heteroatoms. The zero-order valence-electron chi connectivity index (χ0n) is 11.4. The van der Waals surface area contributed by atoms with Gasteiger partial charge in [0.1, 0.15) is 0 Å². The Morgan fingerprint density at radius 1 is 1.11 bits per heavy atom. The summed E-state index contributed by atoms with van der Waals surface area (Å²) in [4.78, 5) is 11.5. The van der Waals surface area contributed by atoms with Gasteiger partial charge in [0.2, 0.25) is 0 Å². The number of aryl methyl sites for hydroxylation is 2. The summed E-state index contributed by atoms with van der Waals surface area (Å²) in [7, 11) is 0. The van der Waals surface area contributed by atoms with Crippen LogP contribution in [0.15, 0.2) is 36.4 Å². The molecule has 2 rings (SSSR count). The van der Waals surface area contributed by atoms with Gasteiger partial charge >= 0.3 is 0 Å². The van der Waals surface area contributed by atoms with Crippen molar-refractivity contribution in [1.29, 1.82) is 0 Å². The summed E-state index contributed by atoms with van der Waals surface area (Å²) < 4.78 is 0. The molecule has 2 aromatic carbocycles. The number of rotatable bonds is 3. The minimum atomic E-state index is -0.0261. The molecule has 0 aliphatic heterocycles. The first-order chi connectivity index (χ1) is 8.97. The van der Waals surface area contributed by atoms with Gasteiger partial charge in [-0.15, -0.1) is 0 Å². The molecule has 2 aromatic rings. The van der Waals surface area contributed by atoms with Crippen molar-refractivity contribution in [3.63, 3.8) is 0 Å². The third kappa shape index (κ3) is 2.94. The first-order valence-corrected chi connectivity index (χ1v) is 6.22. The molecular weight excluding hydrogens is 236 g/mol. The SMILES string of the molecule is CC(=O)c1cc(Nc2ccc(C)cc2C)ccc1N. The maximum absolute atomic E-state index is 11.5. The van der Waals surface area contributed by atoms with Crippen LogP contribution in [-0.2, 0) is 0 Å². The Labute approximate surface area is 113 Å². The van der Waals surface area contributed by atoms with E-state index in [1.54, 1.807) is 12.1 Å². The van der Waals surface area contributed by atoms with Gasteiger partial charge in [0.05, 0.1) is 0 Å². The van der Waals surface area contributed by atoms with Crippen molar-refractivity contribution < 1.29 is 4.79 Å². The van der Waals surface area contributed by atoms with E-state index in [2.05, 4.69) is 31.3 Å². The van der Waals surface area contributed by atoms with Crippen LogP contribution in [0.5, 0.6) is 0 Å². The number of carbonyl (C=O) groups excluding carboxylic acids is 1. The maximum atomic E-state index is 11.5. The monoisotopic (exact) mass is 254 g/mol. The molecule has 3 nitrogen and oxygen atoms in total. The lowest BCUT2D eigenvalue weighted by molar-refractivity contribution is 0.101. The van der Waals surface area contributed by atoms with Crippen LogP contribution in [0, 0.1) is 13.8 Å². The first-order valence-electron chi connectivity index (χ1n) is 6.22. The molecule has 0 amide bonds. The largest absolute Gasteiger partial charge is 0.398 e. The van der Waals surface area contributed by atoms with Gasteiger partial charge in [0.25, 0.3) is 0 Å². The minimum absolute atomic E-state index is 0.0261. The van der Waals surface area contributed by atoms with Gasteiger partial charge in [-0.05, 0) is 50.6 Å². The van der Waals surface area contributed by atoms with E-state index in [0.717, 1.165) is 11.4 Å². The Kier molecular flexibility index (Phi) is 3.56. The fraction of sp³-hybridized carbons (Fsp3) is 0.188. The molecule has 0 spiro atoms. The predicted octanol–water partition coefficient (Wildman–Crippen LogP) is 3.83. The lowest BCUT2D eigenvalue weighted by Gasteiger charge is -2.12. The summed E-state index contributed by atoms with van der Waals surface area (Å²) in [6.45, 7) is 5.64. The molecule has 0 radical (unpaired) electrons. The summed E-state index contributed by atoms with van der Waals surface area (Å²) >= 11 is 0. The highest BCUT2D eigenvalue weighted by Crippen LogP contribution is 2.24. The van der Waals surface area contributed by atoms with E-state index in [1.807, 2.05) is 12.1 Å². The molecule has 0 bridgehead atoms. The smallest absolute Gasteiger partial charge is 0.161 e. The Morgan fingerprint density at radius 3 is 2.47 bits per heavy atom.